The first-order valence-corrected chi connectivity index (χ1v) is 14.4. The van der Waals surface area contributed by atoms with E-state index in [2.05, 4.69) is 32.3 Å². The minimum atomic E-state index is -2.74. The second kappa shape index (κ2) is 11.7. The SMILES string of the molecule is C#C[C@@]1(O)[C@@H](COC(Cc2ccccc2)(C(=O)O)C(=O)O)O[C@@H](n2cnc3c(N[C@@H]4CCc5ccccc54)nc(Cl)nc32)[C@@H]1O. The number of rotatable bonds is 10. The van der Waals surface area contributed by atoms with Gasteiger partial charge >= 0.3 is 11.9 Å². The Hall–Kier alpha value is -4.58. The first-order chi connectivity index (χ1) is 21.6. The third kappa shape index (κ3) is 5.26. The summed E-state index contributed by atoms with van der Waals surface area (Å²) in [7, 11) is 0. The molecule has 2 aromatic heterocycles. The maximum absolute atomic E-state index is 12.3. The summed E-state index contributed by atoms with van der Waals surface area (Å²) in [5.41, 5.74) is -1.97. The van der Waals surface area contributed by atoms with Crippen molar-refractivity contribution in [3.63, 3.8) is 0 Å². The van der Waals surface area contributed by atoms with Crippen LogP contribution in [0.1, 0.15) is 35.4 Å². The molecule has 232 valence electrons. The van der Waals surface area contributed by atoms with Gasteiger partial charge in [-0.1, -0.05) is 60.5 Å². The molecule has 13 nitrogen and oxygen atoms in total. The van der Waals surface area contributed by atoms with Gasteiger partial charge in [0.2, 0.25) is 5.28 Å². The lowest BCUT2D eigenvalue weighted by Gasteiger charge is -2.30. The van der Waals surface area contributed by atoms with Gasteiger partial charge in [-0.25, -0.2) is 14.6 Å². The van der Waals surface area contributed by atoms with Gasteiger partial charge in [-0.15, -0.1) is 6.42 Å². The Morgan fingerprint density at radius 1 is 1.16 bits per heavy atom. The summed E-state index contributed by atoms with van der Waals surface area (Å²) in [6.45, 7) is -0.796. The highest BCUT2D eigenvalue weighted by Crippen LogP contribution is 2.40. The molecule has 5 N–H and O–H groups in total. The number of hydrogen-bond acceptors (Lipinski definition) is 10. The summed E-state index contributed by atoms with van der Waals surface area (Å²) in [4.78, 5) is 37.6. The normalized spacial score (nSPS) is 24.3. The lowest BCUT2D eigenvalue weighted by Crippen LogP contribution is -2.55. The number of fused-ring (bicyclic) bond motifs is 2. The third-order valence-corrected chi connectivity index (χ3v) is 8.50. The zero-order chi connectivity index (χ0) is 31.9. The molecule has 1 fully saturated rings. The van der Waals surface area contributed by atoms with Crippen molar-refractivity contribution in [1.82, 2.24) is 19.5 Å². The predicted octanol–water partition coefficient (Wildman–Crippen LogP) is 2.37. The molecule has 0 radical (unpaired) electrons. The third-order valence-electron chi connectivity index (χ3n) is 8.33. The first-order valence-electron chi connectivity index (χ1n) is 14.0. The van der Waals surface area contributed by atoms with Gasteiger partial charge < -0.3 is 35.2 Å². The molecule has 45 heavy (non-hydrogen) atoms. The zero-order valence-electron chi connectivity index (χ0n) is 23.6. The number of aliphatic carboxylic acids is 2. The molecular weight excluding hydrogens is 606 g/mol. The van der Waals surface area contributed by atoms with E-state index < -0.39 is 54.6 Å². The van der Waals surface area contributed by atoms with E-state index in [0.717, 1.165) is 18.4 Å². The Kier molecular flexibility index (Phi) is 7.94. The molecule has 14 heteroatoms. The molecular formula is C31H28ClN5O8. The van der Waals surface area contributed by atoms with Crippen molar-refractivity contribution in [1.29, 1.82) is 0 Å². The number of aryl methyl sites for hydroxylation is 1. The Morgan fingerprint density at radius 2 is 1.87 bits per heavy atom. The summed E-state index contributed by atoms with van der Waals surface area (Å²) >= 11 is 6.30. The van der Waals surface area contributed by atoms with E-state index in [1.165, 1.54) is 16.5 Å². The molecule has 1 aliphatic heterocycles. The Balaban J connectivity index is 1.29. The molecule has 2 aromatic carbocycles. The molecule has 4 aromatic rings. The number of imidazole rings is 1. The van der Waals surface area contributed by atoms with Crippen molar-refractivity contribution in [2.24, 2.45) is 0 Å². The van der Waals surface area contributed by atoms with Crippen molar-refractivity contribution >= 4 is 40.5 Å². The van der Waals surface area contributed by atoms with Crippen LogP contribution in [0.25, 0.3) is 11.2 Å². The van der Waals surface area contributed by atoms with E-state index in [4.69, 9.17) is 27.5 Å². The van der Waals surface area contributed by atoms with Crippen molar-refractivity contribution in [2.45, 2.75) is 54.9 Å². The lowest BCUT2D eigenvalue weighted by atomic mass is 9.92. The summed E-state index contributed by atoms with van der Waals surface area (Å²) in [6.07, 6.45) is 3.37. The fraction of sp³-hybridized carbons (Fsp3) is 0.323. The number of terminal acetylenes is 1. The minimum absolute atomic E-state index is 0.0541. The topological polar surface area (TPSA) is 189 Å². The summed E-state index contributed by atoms with van der Waals surface area (Å²) < 4.78 is 12.8. The molecule has 6 rings (SSSR count). The number of carboxylic acids is 2. The number of anilines is 1. The molecule has 2 aliphatic rings. The van der Waals surface area contributed by atoms with Crippen LogP contribution in [0.4, 0.5) is 5.82 Å². The molecule has 0 amide bonds. The van der Waals surface area contributed by atoms with Crippen molar-refractivity contribution in [3.8, 4) is 12.3 Å². The summed E-state index contributed by atoms with van der Waals surface area (Å²) in [6, 6.07) is 16.0. The minimum Gasteiger partial charge on any atom is -0.479 e. The maximum atomic E-state index is 12.3. The van der Waals surface area contributed by atoms with Gasteiger partial charge in [-0.2, -0.15) is 9.97 Å². The van der Waals surface area contributed by atoms with E-state index in [1.807, 2.05) is 18.2 Å². The average Bonchev–Trinajstić information content (AvgIpc) is 3.70. The monoisotopic (exact) mass is 633 g/mol. The smallest absolute Gasteiger partial charge is 0.348 e. The number of carbonyl (C=O) groups is 2. The van der Waals surface area contributed by atoms with Gasteiger partial charge in [-0.3, -0.25) is 4.57 Å². The number of ether oxygens (including phenoxy) is 2. The molecule has 0 bridgehead atoms. The lowest BCUT2D eigenvalue weighted by molar-refractivity contribution is -0.191. The Bertz CT molecular complexity index is 1800. The second-order valence-electron chi connectivity index (χ2n) is 10.9. The Morgan fingerprint density at radius 3 is 2.58 bits per heavy atom. The zero-order valence-corrected chi connectivity index (χ0v) is 24.3. The number of halogens is 1. The number of carboxylic acid groups (broad SMARTS) is 2. The van der Waals surface area contributed by atoms with Crippen LogP contribution in [0.2, 0.25) is 5.28 Å². The standard InChI is InChI=1S/C31H28ClN5O8/c1-2-30(43)21(15-44-31(27(39)40,28(41)42)14-17-8-4-3-5-9-17)45-26(23(30)38)37-16-33-22-24(35-29(32)36-25(22)37)34-20-13-12-18-10-6-7-11-19(18)20/h1,3-11,16,20-21,23,26,38,43H,12-15H2,(H,39,40)(H,41,42)(H,34,35,36)/t20-,21-,23+,26-,30-/m1/s1. The van der Waals surface area contributed by atoms with Crippen LogP contribution in [0.15, 0.2) is 60.9 Å². The van der Waals surface area contributed by atoms with Crippen molar-refractivity contribution < 1.29 is 39.5 Å². The highest BCUT2D eigenvalue weighted by atomic mass is 35.5. The number of aliphatic hydroxyl groups excluding tert-OH is 1. The molecule has 1 aliphatic carbocycles. The molecule has 0 saturated carbocycles. The van der Waals surface area contributed by atoms with E-state index in [-0.39, 0.29) is 17.0 Å². The highest BCUT2D eigenvalue weighted by Gasteiger charge is 2.58. The summed E-state index contributed by atoms with van der Waals surface area (Å²) in [5, 5.41) is 45.7. The van der Waals surface area contributed by atoms with Crippen molar-refractivity contribution in [2.75, 3.05) is 11.9 Å². The number of nitrogens with one attached hydrogen (secondary N) is 1. The molecule has 1 saturated heterocycles. The maximum Gasteiger partial charge on any atom is 0.348 e. The van der Waals surface area contributed by atoms with E-state index >= 15 is 0 Å². The number of hydrogen-bond donors (Lipinski definition) is 5. The van der Waals surface area contributed by atoms with Gasteiger partial charge in [0.15, 0.2) is 28.8 Å². The number of aromatic nitrogens is 4. The Labute approximate surface area is 261 Å². The highest BCUT2D eigenvalue weighted by molar-refractivity contribution is 6.28. The van der Waals surface area contributed by atoms with Gasteiger partial charge in [0.1, 0.15) is 12.2 Å². The fourth-order valence-electron chi connectivity index (χ4n) is 5.88. The van der Waals surface area contributed by atoms with Gasteiger partial charge in [0.05, 0.1) is 19.0 Å². The number of nitrogens with zero attached hydrogens (tertiary/aromatic N) is 4. The van der Waals surface area contributed by atoms with Crippen LogP contribution in [0.3, 0.4) is 0 Å². The van der Waals surface area contributed by atoms with Crippen molar-refractivity contribution in [3.05, 3.63) is 82.9 Å². The number of benzene rings is 2. The van der Waals surface area contributed by atoms with Crippen LogP contribution in [0, 0.1) is 12.3 Å². The largest absolute Gasteiger partial charge is 0.479 e. The molecule has 0 unspecified atom stereocenters. The fourth-order valence-corrected chi connectivity index (χ4v) is 6.05. The van der Waals surface area contributed by atoms with Crippen LogP contribution < -0.4 is 5.32 Å². The van der Waals surface area contributed by atoms with Crippen LogP contribution in [-0.2, 0) is 31.9 Å². The average molecular weight is 634 g/mol. The quantitative estimate of drug-likeness (QED) is 0.0975. The molecule has 0 spiro atoms. The predicted molar refractivity (Wildman–Crippen MR) is 159 cm³/mol. The number of aliphatic hydroxyl groups is 2. The molecule has 3 heterocycles. The van der Waals surface area contributed by atoms with E-state index in [0.29, 0.717) is 16.9 Å². The van der Waals surface area contributed by atoms with Gasteiger partial charge in [0.25, 0.3) is 5.60 Å². The van der Waals surface area contributed by atoms with Crippen LogP contribution in [0.5, 0.6) is 0 Å². The first kappa shape index (κ1) is 30.4. The summed E-state index contributed by atoms with van der Waals surface area (Å²) in [5.74, 6) is -1.09. The van der Waals surface area contributed by atoms with E-state index in [1.54, 1.807) is 30.3 Å². The molecule has 5 atom stereocenters. The second-order valence-corrected chi connectivity index (χ2v) is 11.3. The van der Waals surface area contributed by atoms with E-state index in [9.17, 15) is 30.0 Å². The van der Waals surface area contributed by atoms with Gasteiger partial charge in [0, 0.05) is 6.42 Å². The van der Waals surface area contributed by atoms with Crippen LogP contribution in [-0.4, -0.2) is 81.9 Å². The van der Waals surface area contributed by atoms with Crippen LogP contribution >= 0.6 is 11.6 Å². The van der Waals surface area contributed by atoms with Gasteiger partial charge in [-0.05, 0) is 41.1 Å².